The summed E-state index contributed by atoms with van der Waals surface area (Å²) in [5.41, 5.74) is 0. The van der Waals surface area contributed by atoms with Crippen LogP contribution in [0.3, 0.4) is 0 Å². The summed E-state index contributed by atoms with van der Waals surface area (Å²) in [7, 11) is 0. The summed E-state index contributed by atoms with van der Waals surface area (Å²) in [5.74, 6) is 0. The lowest BCUT2D eigenvalue weighted by molar-refractivity contribution is 0.123. The van der Waals surface area contributed by atoms with Crippen molar-refractivity contribution in [3.63, 3.8) is 0 Å². The van der Waals surface area contributed by atoms with Gasteiger partial charge in [0.05, 0.1) is 0 Å². The van der Waals surface area contributed by atoms with Gasteiger partial charge >= 0.3 is 0 Å². The van der Waals surface area contributed by atoms with E-state index in [0.29, 0.717) is 6.61 Å². The number of piperazine rings is 1. The third-order valence-corrected chi connectivity index (χ3v) is 3.35. The van der Waals surface area contributed by atoms with Gasteiger partial charge in [-0.05, 0) is 32.2 Å². The van der Waals surface area contributed by atoms with Crippen molar-refractivity contribution in [3.05, 3.63) is 0 Å². The number of hydrogen-bond acceptors (Lipinski definition) is 3. The molecule has 2 rings (SSSR count). The molecule has 1 N–H and O–H groups in total. The molecule has 1 aliphatic heterocycles. The summed E-state index contributed by atoms with van der Waals surface area (Å²) in [4.78, 5) is 5.18. The molecule has 0 aromatic carbocycles. The predicted molar refractivity (Wildman–Crippen MR) is 57.4 cm³/mol. The van der Waals surface area contributed by atoms with Gasteiger partial charge in [-0.1, -0.05) is 0 Å². The van der Waals surface area contributed by atoms with E-state index in [2.05, 4.69) is 9.80 Å². The summed E-state index contributed by atoms with van der Waals surface area (Å²) in [6.45, 7) is 6.54. The Balaban J connectivity index is 1.58. The largest absolute Gasteiger partial charge is 0.396 e. The lowest BCUT2D eigenvalue weighted by atomic mass is 10.2. The minimum Gasteiger partial charge on any atom is -0.396 e. The fourth-order valence-corrected chi connectivity index (χ4v) is 2.24. The molecule has 3 heteroatoms. The molecule has 2 fully saturated rings. The smallest absolute Gasteiger partial charge is 0.0431 e. The third-order valence-electron chi connectivity index (χ3n) is 3.35. The standard InChI is InChI=1S/C11H22N2O/c14-10-2-1-5-12-6-8-13(9-7-12)11-3-4-11/h11,14H,1-10H2. The highest BCUT2D eigenvalue weighted by Crippen LogP contribution is 2.27. The van der Waals surface area contributed by atoms with Crippen molar-refractivity contribution < 1.29 is 5.11 Å². The first kappa shape index (κ1) is 10.4. The molecule has 1 saturated heterocycles. The number of nitrogens with zero attached hydrogens (tertiary/aromatic N) is 2. The molecule has 0 spiro atoms. The second kappa shape index (κ2) is 5.10. The number of unbranched alkanes of at least 4 members (excludes halogenated alkanes) is 1. The Bertz CT molecular complexity index is 163. The van der Waals surface area contributed by atoms with E-state index in [4.69, 9.17) is 5.11 Å². The van der Waals surface area contributed by atoms with Gasteiger partial charge in [-0.25, -0.2) is 0 Å². The molecule has 14 heavy (non-hydrogen) atoms. The fourth-order valence-electron chi connectivity index (χ4n) is 2.24. The Morgan fingerprint density at radius 3 is 2.29 bits per heavy atom. The lowest BCUT2D eigenvalue weighted by Gasteiger charge is -2.34. The van der Waals surface area contributed by atoms with Crippen LogP contribution in [-0.2, 0) is 0 Å². The van der Waals surface area contributed by atoms with E-state index >= 15 is 0 Å². The highest BCUT2D eigenvalue weighted by atomic mass is 16.2. The molecule has 0 atom stereocenters. The molecule has 0 unspecified atom stereocenters. The fraction of sp³-hybridized carbons (Fsp3) is 1.00. The maximum Gasteiger partial charge on any atom is 0.0431 e. The van der Waals surface area contributed by atoms with E-state index in [1.807, 2.05) is 0 Å². The molecule has 0 radical (unpaired) electrons. The summed E-state index contributed by atoms with van der Waals surface area (Å²) in [6, 6.07) is 0.939. The maximum absolute atomic E-state index is 8.69. The zero-order valence-electron chi connectivity index (χ0n) is 8.99. The number of aliphatic hydroxyl groups is 1. The van der Waals surface area contributed by atoms with Crippen LogP contribution in [0.25, 0.3) is 0 Å². The maximum atomic E-state index is 8.69. The highest BCUT2D eigenvalue weighted by Gasteiger charge is 2.30. The van der Waals surface area contributed by atoms with Gasteiger partial charge in [0, 0.05) is 38.8 Å². The van der Waals surface area contributed by atoms with Crippen LogP contribution in [0.1, 0.15) is 25.7 Å². The molecule has 1 heterocycles. The summed E-state index contributed by atoms with van der Waals surface area (Å²) >= 11 is 0. The van der Waals surface area contributed by atoms with Crippen LogP contribution in [-0.4, -0.2) is 60.3 Å². The number of hydrogen-bond donors (Lipinski definition) is 1. The molecule has 1 saturated carbocycles. The first-order chi connectivity index (χ1) is 6.90. The van der Waals surface area contributed by atoms with Crippen LogP contribution in [0.5, 0.6) is 0 Å². The molecular formula is C11H22N2O. The van der Waals surface area contributed by atoms with Crippen molar-refractivity contribution in [2.24, 2.45) is 0 Å². The summed E-state index contributed by atoms with van der Waals surface area (Å²) in [5, 5.41) is 8.69. The van der Waals surface area contributed by atoms with Crippen molar-refractivity contribution in [3.8, 4) is 0 Å². The Kier molecular flexibility index (Phi) is 3.79. The van der Waals surface area contributed by atoms with Crippen LogP contribution in [0.4, 0.5) is 0 Å². The predicted octanol–water partition coefficient (Wildman–Crippen LogP) is 0.539. The van der Waals surface area contributed by atoms with Crippen LogP contribution < -0.4 is 0 Å². The van der Waals surface area contributed by atoms with Crippen molar-refractivity contribution in [1.29, 1.82) is 0 Å². The topological polar surface area (TPSA) is 26.7 Å². The zero-order chi connectivity index (χ0) is 9.80. The molecular weight excluding hydrogens is 176 g/mol. The molecule has 0 aromatic rings. The van der Waals surface area contributed by atoms with Gasteiger partial charge in [-0.3, -0.25) is 4.90 Å². The monoisotopic (exact) mass is 198 g/mol. The average Bonchev–Trinajstić information content (AvgIpc) is 3.03. The first-order valence-corrected chi connectivity index (χ1v) is 5.97. The van der Waals surface area contributed by atoms with E-state index in [1.165, 1.54) is 45.6 Å². The Morgan fingerprint density at radius 2 is 1.71 bits per heavy atom. The molecule has 3 nitrogen and oxygen atoms in total. The highest BCUT2D eigenvalue weighted by molar-refractivity contribution is 4.87. The lowest BCUT2D eigenvalue weighted by Crippen LogP contribution is -2.47. The molecule has 1 aliphatic carbocycles. The summed E-state index contributed by atoms with van der Waals surface area (Å²) < 4.78 is 0. The van der Waals surface area contributed by atoms with Crippen molar-refractivity contribution in [2.75, 3.05) is 39.3 Å². The van der Waals surface area contributed by atoms with Crippen LogP contribution in [0, 0.1) is 0 Å². The van der Waals surface area contributed by atoms with Gasteiger partial charge in [0.25, 0.3) is 0 Å². The van der Waals surface area contributed by atoms with Gasteiger partial charge in [0.2, 0.25) is 0 Å². The van der Waals surface area contributed by atoms with E-state index in [-0.39, 0.29) is 0 Å². The van der Waals surface area contributed by atoms with Crippen molar-refractivity contribution in [2.45, 2.75) is 31.7 Å². The number of rotatable bonds is 5. The van der Waals surface area contributed by atoms with E-state index in [0.717, 1.165) is 18.9 Å². The van der Waals surface area contributed by atoms with E-state index < -0.39 is 0 Å². The minimum absolute atomic E-state index is 0.349. The quantitative estimate of drug-likeness (QED) is 0.653. The normalized spacial score (nSPS) is 25.5. The van der Waals surface area contributed by atoms with Crippen LogP contribution in [0.2, 0.25) is 0 Å². The van der Waals surface area contributed by atoms with Gasteiger partial charge < -0.3 is 10.0 Å². The molecule has 82 valence electrons. The second-order valence-corrected chi connectivity index (χ2v) is 4.54. The molecule has 0 amide bonds. The molecule has 0 bridgehead atoms. The molecule has 2 aliphatic rings. The van der Waals surface area contributed by atoms with E-state index in [1.54, 1.807) is 0 Å². The third kappa shape index (κ3) is 2.94. The van der Waals surface area contributed by atoms with Crippen molar-refractivity contribution in [1.82, 2.24) is 9.80 Å². The summed E-state index contributed by atoms with van der Waals surface area (Å²) in [6.07, 6.45) is 4.98. The van der Waals surface area contributed by atoms with Crippen LogP contribution >= 0.6 is 0 Å². The first-order valence-electron chi connectivity index (χ1n) is 5.97. The Hall–Kier alpha value is -0.120. The minimum atomic E-state index is 0.349. The van der Waals surface area contributed by atoms with Gasteiger partial charge in [-0.2, -0.15) is 0 Å². The Labute approximate surface area is 86.7 Å². The number of aliphatic hydroxyl groups excluding tert-OH is 1. The van der Waals surface area contributed by atoms with Crippen LogP contribution in [0.15, 0.2) is 0 Å². The second-order valence-electron chi connectivity index (χ2n) is 4.54. The Morgan fingerprint density at radius 1 is 1.00 bits per heavy atom. The SMILES string of the molecule is OCCCCN1CCN(C2CC2)CC1. The zero-order valence-corrected chi connectivity index (χ0v) is 8.99. The van der Waals surface area contributed by atoms with E-state index in [9.17, 15) is 0 Å². The molecule has 0 aromatic heterocycles. The van der Waals surface area contributed by atoms with Gasteiger partial charge in [0.1, 0.15) is 0 Å². The van der Waals surface area contributed by atoms with Crippen molar-refractivity contribution >= 4 is 0 Å². The average molecular weight is 198 g/mol. The van der Waals surface area contributed by atoms with Gasteiger partial charge in [-0.15, -0.1) is 0 Å². The van der Waals surface area contributed by atoms with Gasteiger partial charge in [0.15, 0.2) is 0 Å².